The molecule has 2 aromatic rings. The molecule has 2 aromatic carbocycles. The number of aliphatic imine (C=N–C) groups is 2. The molecule has 0 atom stereocenters. The molecule has 0 amide bonds. The van der Waals surface area contributed by atoms with Crippen LogP contribution in [0.5, 0.6) is 0 Å². The molecule has 2 rings (SSSR count). The van der Waals surface area contributed by atoms with E-state index in [1.807, 2.05) is 13.8 Å². The maximum absolute atomic E-state index is 4.80. The first-order valence-electron chi connectivity index (χ1n) is 9.81. The summed E-state index contributed by atoms with van der Waals surface area (Å²) in [6, 6.07) is 8.72. The van der Waals surface area contributed by atoms with Gasteiger partial charge in [0.1, 0.15) is 0 Å². The van der Waals surface area contributed by atoms with Crippen molar-refractivity contribution in [3.8, 4) is 0 Å². The Kier molecular flexibility index (Phi) is 11.9. The zero-order valence-corrected chi connectivity index (χ0v) is 21.8. The van der Waals surface area contributed by atoms with Crippen LogP contribution in [0.4, 0.5) is 11.4 Å². The van der Waals surface area contributed by atoms with Crippen molar-refractivity contribution in [3.63, 3.8) is 0 Å². The number of benzene rings is 2. The summed E-state index contributed by atoms with van der Waals surface area (Å²) in [4.78, 5) is 9.60. The molecule has 0 heterocycles. The number of hydrogen-bond donors (Lipinski definition) is 0. The summed E-state index contributed by atoms with van der Waals surface area (Å²) < 4.78 is 0. The standard InChI is InChI=1S/C24H32N3.2ClH.Fe/c1-15-9-17(3)23(18(4)10-15)26-21(7)13-25-14-22(8)27-24-19(5)11-16(2)12-20(24)6;;;/h9-12H,13-14H2,1-8H3;2*1H;/q-1;;;+3/p-2. The van der Waals surface area contributed by atoms with Gasteiger partial charge in [0, 0.05) is 0 Å². The van der Waals surface area contributed by atoms with Crippen LogP contribution in [0.15, 0.2) is 34.3 Å². The molecule has 0 saturated carbocycles. The van der Waals surface area contributed by atoms with E-state index < -0.39 is 0 Å². The van der Waals surface area contributed by atoms with Crippen LogP contribution in [0.1, 0.15) is 47.2 Å². The van der Waals surface area contributed by atoms with Gasteiger partial charge in [0.05, 0.1) is 11.4 Å². The van der Waals surface area contributed by atoms with Gasteiger partial charge in [-0.3, -0.25) is 9.98 Å². The molecule has 0 N–H and O–H groups in total. The predicted octanol–water partition coefficient (Wildman–Crippen LogP) is 8.17. The predicted molar refractivity (Wildman–Crippen MR) is 132 cm³/mol. The Bertz CT molecular complexity index is 801. The second kappa shape index (κ2) is 13.3. The third kappa shape index (κ3) is 8.91. The monoisotopic (exact) mass is 488 g/mol. The van der Waals surface area contributed by atoms with Gasteiger partial charge in [-0.25, -0.2) is 0 Å². The van der Waals surface area contributed by atoms with Crippen LogP contribution < -0.4 is 0 Å². The Hall–Kier alpha value is -1.16. The summed E-state index contributed by atoms with van der Waals surface area (Å²) in [7, 11) is 9.53. The zero-order valence-electron chi connectivity index (χ0n) is 19.2. The molecule has 0 radical (unpaired) electrons. The van der Waals surface area contributed by atoms with Gasteiger partial charge in [0.25, 0.3) is 0 Å². The molecule has 0 aliphatic carbocycles. The summed E-state index contributed by atoms with van der Waals surface area (Å²) >= 11 is 0.194. The topological polar surface area (TPSA) is 38.8 Å². The number of halogens is 2. The van der Waals surface area contributed by atoms with E-state index in [-0.39, 0.29) is 13.1 Å². The number of aryl methyl sites for hydroxylation is 6. The van der Waals surface area contributed by atoms with Crippen molar-refractivity contribution in [1.82, 2.24) is 0 Å². The molecular formula is C24H32Cl2FeN3. The fraction of sp³-hybridized carbons (Fsp3) is 0.417. The Balaban J connectivity index is 0.00000141. The summed E-state index contributed by atoms with van der Waals surface area (Å²) in [5.74, 6) is 0. The van der Waals surface area contributed by atoms with Crippen molar-refractivity contribution in [2.75, 3.05) is 13.1 Å². The summed E-state index contributed by atoms with van der Waals surface area (Å²) in [6.07, 6.45) is 0. The molecule has 0 aliphatic rings. The van der Waals surface area contributed by atoms with E-state index in [0.29, 0.717) is 13.1 Å². The summed E-state index contributed by atoms with van der Waals surface area (Å²) in [5, 5.41) is 4.66. The van der Waals surface area contributed by atoms with Crippen molar-refractivity contribution in [3.05, 3.63) is 63.0 Å². The van der Waals surface area contributed by atoms with Gasteiger partial charge in [-0.15, -0.1) is 13.1 Å². The molecule has 3 nitrogen and oxygen atoms in total. The van der Waals surface area contributed by atoms with E-state index in [4.69, 9.17) is 30.2 Å². The van der Waals surface area contributed by atoms with Crippen molar-refractivity contribution >= 4 is 43.0 Å². The van der Waals surface area contributed by atoms with Crippen LogP contribution in [-0.4, -0.2) is 24.5 Å². The second-order valence-electron chi connectivity index (χ2n) is 7.78. The Morgan fingerprint density at radius 2 is 0.967 bits per heavy atom. The molecule has 30 heavy (non-hydrogen) atoms. The second-order valence-corrected chi connectivity index (χ2v) is 9.60. The van der Waals surface area contributed by atoms with E-state index in [1.54, 1.807) is 0 Å². The zero-order chi connectivity index (χ0) is 22.8. The SMILES string of the molecule is CC(C[N-]CC(C)=Nc1c(C)cc(C)cc1C)=Nc1c(C)cc(C)cc1C.[Cl][Fe+][Cl]. The van der Waals surface area contributed by atoms with Crippen molar-refractivity contribution in [2.45, 2.75) is 55.4 Å². The first kappa shape index (κ1) is 26.9. The molecule has 165 valence electrons. The van der Waals surface area contributed by atoms with Crippen LogP contribution >= 0.6 is 20.2 Å². The first-order valence-corrected chi connectivity index (χ1v) is 12.8. The van der Waals surface area contributed by atoms with Gasteiger partial charge >= 0.3 is 33.3 Å². The van der Waals surface area contributed by atoms with Gasteiger partial charge in [-0.1, -0.05) is 35.4 Å². The van der Waals surface area contributed by atoms with Gasteiger partial charge in [0.15, 0.2) is 0 Å². The van der Waals surface area contributed by atoms with E-state index in [1.165, 1.54) is 33.4 Å². The van der Waals surface area contributed by atoms with Crippen molar-refractivity contribution in [2.24, 2.45) is 9.98 Å². The van der Waals surface area contributed by atoms with Crippen molar-refractivity contribution < 1.29 is 13.1 Å². The molecule has 0 spiro atoms. The van der Waals surface area contributed by atoms with Crippen LogP contribution in [0.2, 0.25) is 0 Å². The van der Waals surface area contributed by atoms with Gasteiger partial charge in [0.2, 0.25) is 0 Å². The molecule has 6 heteroatoms. The Morgan fingerprint density at radius 1 is 0.700 bits per heavy atom. The van der Waals surface area contributed by atoms with Gasteiger partial charge < -0.3 is 5.32 Å². The van der Waals surface area contributed by atoms with E-state index in [2.05, 4.69) is 71.1 Å². The first-order chi connectivity index (χ1) is 14.1. The minimum atomic E-state index is 0.194. The molecule has 0 bridgehead atoms. The average Bonchev–Trinajstić information content (AvgIpc) is 2.62. The Labute approximate surface area is 197 Å². The van der Waals surface area contributed by atoms with E-state index >= 15 is 0 Å². The summed E-state index contributed by atoms with van der Waals surface area (Å²) in [5.41, 5.74) is 11.6. The molecular weight excluding hydrogens is 457 g/mol. The van der Waals surface area contributed by atoms with E-state index in [9.17, 15) is 0 Å². The summed E-state index contributed by atoms with van der Waals surface area (Å²) in [6.45, 7) is 18.1. The van der Waals surface area contributed by atoms with Crippen molar-refractivity contribution in [1.29, 1.82) is 0 Å². The molecule has 0 fully saturated rings. The normalized spacial score (nSPS) is 11.9. The Morgan fingerprint density at radius 3 is 1.23 bits per heavy atom. The average molecular weight is 489 g/mol. The third-order valence-electron chi connectivity index (χ3n) is 4.56. The third-order valence-corrected chi connectivity index (χ3v) is 4.56. The van der Waals surface area contributed by atoms with Crippen LogP contribution in [0.3, 0.4) is 0 Å². The van der Waals surface area contributed by atoms with Crippen LogP contribution in [0.25, 0.3) is 5.32 Å². The fourth-order valence-corrected chi connectivity index (χ4v) is 3.53. The molecule has 0 aromatic heterocycles. The van der Waals surface area contributed by atoms with Crippen LogP contribution in [-0.2, 0) is 13.1 Å². The molecule has 0 aliphatic heterocycles. The quantitative estimate of drug-likeness (QED) is 0.290. The fourth-order valence-electron chi connectivity index (χ4n) is 3.53. The van der Waals surface area contributed by atoms with Crippen LogP contribution in [0, 0.1) is 41.5 Å². The number of nitrogens with zero attached hydrogens (tertiary/aromatic N) is 3. The van der Waals surface area contributed by atoms with E-state index in [0.717, 1.165) is 22.8 Å². The molecule has 0 unspecified atom stereocenters. The maximum atomic E-state index is 4.80. The van der Waals surface area contributed by atoms with Gasteiger partial charge in [-0.2, -0.15) is 0 Å². The number of hydrogen-bond acceptors (Lipinski definition) is 2. The minimum absolute atomic E-state index is 0.194. The van der Waals surface area contributed by atoms with Gasteiger partial charge in [-0.05, 0) is 89.1 Å². The molecule has 0 saturated heterocycles. The number of rotatable bonds is 6.